The Morgan fingerprint density at radius 1 is 1.57 bits per heavy atom. The van der Waals surface area contributed by atoms with Gasteiger partial charge < -0.3 is 11.1 Å². The zero-order chi connectivity index (χ0) is 10.3. The van der Waals surface area contributed by atoms with E-state index < -0.39 is 17.3 Å². The molecule has 0 unspecified atom stereocenters. The molecule has 72 valence electrons. The van der Waals surface area contributed by atoms with Crippen molar-refractivity contribution in [1.82, 2.24) is 0 Å². The monoisotopic (exact) mass is 192 g/mol. The Hall–Kier alpha value is -1.68. The van der Waals surface area contributed by atoms with E-state index in [1.165, 1.54) is 18.2 Å². The summed E-state index contributed by atoms with van der Waals surface area (Å²) in [6.45, 7) is 3.49. The fraction of sp³-hybridized carbons (Fsp3) is 0.100. The SMILES string of the molecule is C=C[C@]1(N)C(=O)Nc2c(F)cccc21. The van der Waals surface area contributed by atoms with Gasteiger partial charge in [0.15, 0.2) is 0 Å². The van der Waals surface area contributed by atoms with Gasteiger partial charge in [0.2, 0.25) is 0 Å². The smallest absolute Gasteiger partial charge is 0.253 e. The molecule has 1 heterocycles. The van der Waals surface area contributed by atoms with E-state index in [-0.39, 0.29) is 5.69 Å². The summed E-state index contributed by atoms with van der Waals surface area (Å²) in [5.41, 5.74) is 5.06. The molecule has 1 aromatic rings. The lowest BCUT2D eigenvalue weighted by atomic mass is 9.93. The van der Waals surface area contributed by atoms with Crippen LogP contribution in [0.2, 0.25) is 0 Å². The van der Waals surface area contributed by atoms with Crippen LogP contribution in [0.3, 0.4) is 0 Å². The molecular weight excluding hydrogens is 183 g/mol. The first-order chi connectivity index (χ1) is 6.59. The maximum absolute atomic E-state index is 13.2. The number of fused-ring (bicyclic) bond motifs is 1. The number of carbonyl (C=O) groups is 1. The summed E-state index contributed by atoms with van der Waals surface area (Å²) in [5.74, 6) is -0.933. The van der Waals surface area contributed by atoms with Gasteiger partial charge in [0.1, 0.15) is 11.4 Å². The van der Waals surface area contributed by atoms with Gasteiger partial charge in [-0.15, -0.1) is 6.58 Å². The summed E-state index contributed by atoms with van der Waals surface area (Å²) in [6, 6.07) is 4.39. The quantitative estimate of drug-likeness (QED) is 0.655. The van der Waals surface area contributed by atoms with Crippen molar-refractivity contribution in [3.63, 3.8) is 0 Å². The zero-order valence-corrected chi connectivity index (χ0v) is 7.38. The van der Waals surface area contributed by atoms with Crippen molar-refractivity contribution < 1.29 is 9.18 Å². The molecule has 1 atom stereocenters. The molecule has 0 saturated heterocycles. The molecule has 0 aromatic heterocycles. The lowest BCUT2D eigenvalue weighted by Crippen LogP contribution is -2.41. The van der Waals surface area contributed by atoms with Gasteiger partial charge >= 0.3 is 0 Å². The van der Waals surface area contributed by atoms with Crippen molar-refractivity contribution >= 4 is 11.6 Å². The minimum Gasteiger partial charge on any atom is -0.321 e. The fourth-order valence-corrected chi connectivity index (χ4v) is 1.54. The van der Waals surface area contributed by atoms with Gasteiger partial charge in [-0.3, -0.25) is 4.79 Å². The first kappa shape index (κ1) is 8.90. The molecule has 1 amide bonds. The van der Waals surface area contributed by atoms with Gasteiger partial charge in [0, 0.05) is 5.56 Å². The third-order valence-electron chi connectivity index (χ3n) is 2.40. The van der Waals surface area contributed by atoms with Crippen LogP contribution in [0.15, 0.2) is 30.9 Å². The molecule has 14 heavy (non-hydrogen) atoms. The third kappa shape index (κ3) is 0.914. The van der Waals surface area contributed by atoms with E-state index >= 15 is 0 Å². The Bertz CT molecular complexity index is 430. The van der Waals surface area contributed by atoms with E-state index in [0.29, 0.717) is 5.56 Å². The Kier molecular flexibility index (Phi) is 1.69. The number of carbonyl (C=O) groups excluding carboxylic acids is 1. The number of benzene rings is 1. The second kappa shape index (κ2) is 2.65. The highest BCUT2D eigenvalue weighted by Crippen LogP contribution is 2.36. The van der Waals surface area contributed by atoms with Crippen LogP contribution >= 0.6 is 0 Å². The van der Waals surface area contributed by atoms with E-state index in [9.17, 15) is 9.18 Å². The molecule has 0 radical (unpaired) electrons. The Labute approximate surface area is 80.4 Å². The number of hydrogen-bond acceptors (Lipinski definition) is 2. The number of halogens is 1. The molecule has 3 N–H and O–H groups in total. The molecule has 0 aliphatic carbocycles. The van der Waals surface area contributed by atoms with Crippen LogP contribution < -0.4 is 11.1 Å². The minimum absolute atomic E-state index is 0.153. The summed E-state index contributed by atoms with van der Waals surface area (Å²) >= 11 is 0. The highest BCUT2D eigenvalue weighted by Gasteiger charge is 2.42. The number of para-hydroxylation sites is 1. The topological polar surface area (TPSA) is 55.1 Å². The molecule has 1 aliphatic rings. The Morgan fingerprint density at radius 2 is 2.29 bits per heavy atom. The van der Waals surface area contributed by atoms with E-state index in [2.05, 4.69) is 11.9 Å². The molecular formula is C10H9FN2O. The summed E-state index contributed by atoms with van der Waals surface area (Å²) in [7, 11) is 0. The molecule has 0 spiro atoms. The fourth-order valence-electron chi connectivity index (χ4n) is 1.54. The number of hydrogen-bond donors (Lipinski definition) is 2. The van der Waals surface area contributed by atoms with Gasteiger partial charge in [-0.2, -0.15) is 0 Å². The minimum atomic E-state index is -1.31. The standard InChI is InChI=1S/C10H9FN2O/c1-2-10(12)6-4-3-5-7(11)8(6)13-9(10)14/h2-5H,1,12H2,(H,13,14)/t10-/m1/s1. The van der Waals surface area contributed by atoms with Crippen molar-refractivity contribution in [2.45, 2.75) is 5.54 Å². The second-order valence-corrected chi connectivity index (χ2v) is 3.19. The average Bonchev–Trinajstić information content (AvgIpc) is 2.43. The highest BCUT2D eigenvalue weighted by atomic mass is 19.1. The maximum Gasteiger partial charge on any atom is 0.253 e. The van der Waals surface area contributed by atoms with Gasteiger partial charge in [-0.1, -0.05) is 18.2 Å². The molecule has 4 heteroatoms. The maximum atomic E-state index is 13.2. The van der Waals surface area contributed by atoms with Crippen LogP contribution in [0.1, 0.15) is 5.56 Å². The van der Waals surface area contributed by atoms with Crippen molar-refractivity contribution in [3.8, 4) is 0 Å². The third-order valence-corrected chi connectivity index (χ3v) is 2.40. The first-order valence-electron chi connectivity index (χ1n) is 4.12. The number of nitrogens with one attached hydrogen (secondary N) is 1. The predicted molar refractivity (Wildman–Crippen MR) is 51.1 cm³/mol. The van der Waals surface area contributed by atoms with Crippen LogP contribution in [-0.2, 0) is 10.3 Å². The zero-order valence-electron chi connectivity index (χ0n) is 7.38. The normalized spacial score (nSPS) is 24.3. The van der Waals surface area contributed by atoms with E-state index in [1.54, 1.807) is 6.07 Å². The van der Waals surface area contributed by atoms with Crippen LogP contribution in [0, 0.1) is 5.82 Å². The number of rotatable bonds is 1. The Morgan fingerprint density at radius 3 is 2.93 bits per heavy atom. The Balaban J connectivity index is 2.70. The van der Waals surface area contributed by atoms with Crippen LogP contribution in [0.4, 0.5) is 10.1 Å². The first-order valence-corrected chi connectivity index (χ1v) is 4.12. The van der Waals surface area contributed by atoms with Crippen LogP contribution in [0.25, 0.3) is 0 Å². The molecule has 1 aromatic carbocycles. The number of anilines is 1. The lowest BCUT2D eigenvalue weighted by molar-refractivity contribution is -0.119. The van der Waals surface area contributed by atoms with Crippen LogP contribution in [-0.4, -0.2) is 5.91 Å². The van der Waals surface area contributed by atoms with Crippen LogP contribution in [0.5, 0.6) is 0 Å². The average molecular weight is 192 g/mol. The van der Waals surface area contributed by atoms with E-state index in [4.69, 9.17) is 5.73 Å². The molecule has 1 aliphatic heterocycles. The van der Waals surface area contributed by atoms with Crippen molar-refractivity contribution in [3.05, 3.63) is 42.2 Å². The van der Waals surface area contributed by atoms with E-state index in [1.807, 2.05) is 0 Å². The lowest BCUT2D eigenvalue weighted by Gasteiger charge is -2.16. The highest BCUT2D eigenvalue weighted by molar-refractivity contribution is 6.07. The molecule has 2 rings (SSSR count). The van der Waals surface area contributed by atoms with E-state index in [0.717, 1.165) is 0 Å². The summed E-state index contributed by atoms with van der Waals surface area (Å²) in [4.78, 5) is 11.5. The van der Waals surface area contributed by atoms with Gasteiger partial charge in [-0.05, 0) is 6.07 Å². The van der Waals surface area contributed by atoms with Crippen molar-refractivity contribution in [2.75, 3.05) is 5.32 Å². The summed E-state index contributed by atoms with van der Waals surface area (Å²) < 4.78 is 13.2. The van der Waals surface area contributed by atoms with Gasteiger partial charge in [0.25, 0.3) is 5.91 Å². The molecule has 0 fully saturated rings. The van der Waals surface area contributed by atoms with Crippen molar-refractivity contribution in [2.24, 2.45) is 5.73 Å². The second-order valence-electron chi connectivity index (χ2n) is 3.19. The van der Waals surface area contributed by atoms with Gasteiger partial charge in [-0.25, -0.2) is 4.39 Å². The van der Waals surface area contributed by atoms with Crippen molar-refractivity contribution in [1.29, 1.82) is 0 Å². The summed E-state index contributed by atoms with van der Waals surface area (Å²) in [5, 5.41) is 2.40. The predicted octanol–water partition coefficient (Wildman–Crippen LogP) is 1.12. The van der Waals surface area contributed by atoms with Gasteiger partial charge in [0.05, 0.1) is 5.69 Å². The number of nitrogens with two attached hydrogens (primary N) is 1. The molecule has 3 nitrogen and oxygen atoms in total. The molecule has 0 bridgehead atoms. The summed E-state index contributed by atoms with van der Waals surface area (Å²) in [6.07, 6.45) is 1.31. The largest absolute Gasteiger partial charge is 0.321 e. The molecule has 0 saturated carbocycles. The number of amides is 1.